The van der Waals surface area contributed by atoms with Crippen LogP contribution >= 0.6 is 0 Å². The van der Waals surface area contributed by atoms with Gasteiger partial charge in [0.05, 0.1) is 6.61 Å². The van der Waals surface area contributed by atoms with E-state index in [1.54, 1.807) is 6.07 Å². The van der Waals surface area contributed by atoms with Crippen LogP contribution in [0.15, 0.2) is 24.8 Å². The van der Waals surface area contributed by atoms with Crippen LogP contribution in [0.25, 0.3) is 5.76 Å². The van der Waals surface area contributed by atoms with Crippen LogP contribution < -0.4 is 5.32 Å². The maximum Gasteiger partial charge on any atom is 0.128 e. The van der Waals surface area contributed by atoms with Crippen LogP contribution in [0.5, 0.6) is 0 Å². The first-order chi connectivity index (χ1) is 7.69. The Morgan fingerprint density at radius 3 is 2.75 bits per heavy atom. The number of benzene rings is 1. The molecule has 88 valence electrons. The van der Waals surface area contributed by atoms with E-state index in [9.17, 15) is 4.39 Å². The van der Waals surface area contributed by atoms with Gasteiger partial charge in [0.2, 0.25) is 0 Å². The molecule has 0 saturated heterocycles. The smallest absolute Gasteiger partial charge is 0.128 e. The number of rotatable bonds is 6. The molecule has 0 fully saturated rings. The van der Waals surface area contributed by atoms with Crippen LogP contribution in [-0.2, 0) is 11.3 Å². The van der Waals surface area contributed by atoms with E-state index in [0.717, 1.165) is 6.54 Å². The molecular formula is C13H18FNO. The molecule has 0 atom stereocenters. The molecule has 1 N–H and O–H groups in total. The third kappa shape index (κ3) is 3.35. The Balaban J connectivity index is 2.78. The van der Waals surface area contributed by atoms with Crippen LogP contribution in [0.2, 0.25) is 0 Å². The lowest BCUT2D eigenvalue weighted by atomic mass is 10.1. The van der Waals surface area contributed by atoms with Crippen molar-refractivity contribution in [1.82, 2.24) is 5.32 Å². The number of nitrogens with one attached hydrogen (secondary N) is 1. The van der Waals surface area contributed by atoms with Crippen molar-refractivity contribution in [2.75, 3.05) is 13.2 Å². The van der Waals surface area contributed by atoms with Crippen molar-refractivity contribution in [1.29, 1.82) is 0 Å². The minimum Gasteiger partial charge on any atom is -0.494 e. The van der Waals surface area contributed by atoms with Crippen molar-refractivity contribution >= 4 is 5.76 Å². The van der Waals surface area contributed by atoms with Gasteiger partial charge in [0.15, 0.2) is 0 Å². The first kappa shape index (κ1) is 12.7. The van der Waals surface area contributed by atoms with E-state index in [1.165, 1.54) is 6.07 Å². The van der Waals surface area contributed by atoms with Gasteiger partial charge in [-0.1, -0.05) is 25.6 Å². The van der Waals surface area contributed by atoms with Crippen molar-refractivity contribution in [2.45, 2.75) is 20.4 Å². The zero-order valence-electron chi connectivity index (χ0n) is 9.85. The lowest BCUT2D eigenvalue weighted by molar-refractivity contribution is 0.299. The summed E-state index contributed by atoms with van der Waals surface area (Å²) in [7, 11) is 0. The van der Waals surface area contributed by atoms with Gasteiger partial charge in [-0.3, -0.25) is 0 Å². The Labute approximate surface area is 96.1 Å². The van der Waals surface area contributed by atoms with Gasteiger partial charge in [-0.15, -0.1) is 0 Å². The highest BCUT2D eigenvalue weighted by molar-refractivity contribution is 5.57. The van der Waals surface area contributed by atoms with E-state index in [-0.39, 0.29) is 5.82 Å². The van der Waals surface area contributed by atoms with E-state index in [4.69, 9.17) is 4.74 Å². The van der Waals surface area contributed by atoms with Crippen molar-refractivity contribution in [3.63, 3.8) is 0 Å². The molecule has 0 aromatic heterocycles. The van der Waals surface area contributed by atoms with E-state index in [2.05, 4.69) is 11.9 Å². The number of halogens is 1. The maximum atomic E-state index is 13.6. The van der Waals surface area contributed by atoms with Crippen molar-refractivity contribution in [3.8, 4) is 0 Å². The molecule has 0 aliphatic rings. The standard InChI is InChI=1S/C13H18FNO/c1-4-15-9-12-7-6-11(8-13(12)14)10(3)16-5-2/h6-8,15H,3-5,9H2,1-2H3. The summed E-state index contributed by atoms with van der Waals surface area (Å²) in [6.45, 7) is 9.52. The van der Waals surface area contributed by atoms with Crippen molar-refractivity contribution in [3.05, 3.63) is 41.7 Å². The molecule has 0 amide bonds. The summed E-state index contributed by atoms with van der Waals surface area (Å²) in [5.41, 5.74) is 1.36. The lowest BCUT2D eigenvalue weighted by Gasteiger charge is -2.09. The Kier molecular flexibility index (Phi) is 4.99. The molecule has 1 aromatic carbocycles. The predicted molar refractivity (Wildman–Crippen MR) is 64.4 cm³/mol. The van der Waals surface area contributed by atoms with Gasteiger partial charge in [-0.25, -0.2) is 4.39 Å². The zero-order chi connectivity index (χ0) is 12.0. The Bertz CT molecular complexity index is 363. The topological polar surface area (TPSA) is 21.3 Å². The van der Waals surface area contributed by atoms with Crippen LogP contribution in [0, 0.1) is 5.82 Å². The summed E-state index contributed by atoms with van der Waals surface area (Å²) in [6.07, 6.45) is 0. The third-order valence-corrected chi connectivity index (χ3v) is 2.26. The second kappa shape index (κ2) is 6.28. The van der Waals surface area contributed by atoms with Crippen molar-refractivity contribution < 1.29 is 9.13 Å². The van der Waals surface area contributed by atoms with Gasteiger partial charge >= 0.3 is 0 Å². The summed E-state index contributed by atoms with van der Waals surface area (Å²) in [5.74, 6) is 0.288. The number of hydrogen-bond acceptors (Lipinski definition) is 2. The normalized spacial score (nSPS) is 10.2. The Morgan fingerprint density at radius 1 is 1.44 bits per heavy atom. The van der Waals surface area contributed by atoms with Crippen LogP contribution in [0.1, 0.15) is 25.0 Å². The summed E-state index contributed by atoms with van der Waals surface area (Å²) in [6, 6.07) is 5.05. The minimum atomic E-state index is -0.223. The molecule has 0 unspecified atom stereocenters. The van der Waals surface area contributed by atoms with Crippen molar-refractivity contribution in [2.24, 2.45) is 0 Å². The monoisotopic (exact) mass is 223 g/mol. The van der Waals surface area contributed by atoms with Gasteiger partial charge < -0.3 is 10.1 Å². The quantitative estimate of drug-likeness (QED) is 0.749. The molecule has 2 nitrogen and oxygen atoms in total. The average molecular weight is 223 g/mol. The average Bonchev–Trinajstić information content (AvgIpc) is 2.27. The highest BCUT2D eigenvalue weighted by atomic mass is 19.1. The van der Waals surface area contributed by atoms with E-state index in [0.29, 0.717) is 30.0 Å². The maximum absolute atomic E-state index is 13.6. The van der Waals surface area contributed by atoms with Crippen LogP contribution in [0.3, 0.4) is 0 Å². The molecule has 3 heteroatoms. The van der Waals surface area contributed by atoms with Gasteiger partial charge in [0.25, 0.3) is 0 Å². The van der Waals surface area contributed by atoms with E-state index in [1.807, 2.05) is 19.9 Å². The molecule has 0 bridgehead atoms. The SMILES string of the molecule is C=C(OCC)c1ccc(CNCC)c(F)c1. The fourth-order valence-corrected chi connectivity index (χ4v) is 1.38. The predicted octanol–water partition coefficient (Wildman–Crippen LogP) is 2.94. The first-order valence-corrected chi connectivity index (χ1v) is 5.50. The second-order valence-corrected chi connectivity index (χ2v) is 3.44. The minimum absolute atomic E-state index is 0.223. The Morgan fingerprint density at radius 2 is 2.19 bits per heavy atom. The lowest BCUT2D eigenvalue weighted by Crippen LogP contribution is -2.13. The second-order valence-electron chi connectivity index (χ2n) is 3.44. The number of ether oxygens (including phenoxy) is 1. The van der Waals surface area contributed by atoms with E-state index < -0.39 is 0 Å². The summed E-state index contributed by atoms with van der Waals surface area (Å²) >= 11 is 0. The van der Waals surface area contributed by atoms with Gasteiger partial charge in [0, 0.05) is 17.7 Å². The fraction of sp³-hybridized carbons (Fsp3) is 0.385. The molecule has 0 aliphatic heterocycles. The van der Waals surface area contributed by atoms with Gasteiger partial charge in [-0.05, 0) is 19.5 Å². The third-order valence-electron chi connectivity index (χ3n) is 2.26. The molecule has 1 aromatic rings. The highest BCUT2D eigenvalue weighted by Crippen LogP contribution is 2.17. The molecule has 16 heavy (non-hydrogen) atoms. The molecular weight excluding hydrogens is 205 g/mol. The highest BCUT2D eigenvalue weighted by Gasteiger charge is 2.05. The zero-order valence-corrected chi connectivity index (χ0v) is 9.85. The molecule has 1 rings (SSSR count). The summed E-state index contributed by atoms with van der Waals surface area (Å²) in [4.78, 5) is 0. The fourth-order valence-electron chi connectivity index (χ4n) is 1.38. The summed E-state index contributed by atoms with van der Waals surface area (Å²) in [5, 5.41) is 3.09. The first-order valence-electron chi connectivity index (χ1n) is 5.50. The van der Waals surface area contributed by atoms with Crippen LogP contribution in [0.4, 0.5) is 4.39 Å². The molecule has 0 saturated carbocycles. The van der Waals surface area contributed by atoms with Gasteiger partial charge in [-0.2, -0.15) is 0 Å². The molecule has 0 aliphatic carbocycles. The molecule has 0 radical (unpaired) electrons. The number of hydrogen-bond donors (Lipinski definition) is 1. The van der Waals surface area contributed by atoms with Gasteiger partial charge in [0.1, 0.15) is 11.6 Å². The molecule has 0 heterocycles. The van der Waals surface area contributed by atoms with Crippen LogP contribution in [-0.4, -0.2) is 13.2 Å². The summed E-state index contributed by atoms with van der Waals surface area (Å²) < 4.78 is 18.9. The largest absolute Gasteiger partial charge is 0.494 e. The Hall–Kier alpha value is -1.35. The van der Waals surface area contributed by atoms with E-state index >= 15 is 0 Å². The molecule has 0 spiro atoms.